The fourth-order valence-electron chi connectivity index (χ4n) is 0.894. The zero-order chi connectivity index (χ0) is 10.5. The van der Waals surface area contributed by atoms with Crippen LogP contribution in [0.2, 0.25) is 0 Å². The van der Waals surface area contributed by atoms with Crippen LogP contribution in [-0.2, 0) is 4.79 Å². The molecule has 0 unspecified atom stereocenters. The van der Waals surface area contributed by atoms with Crippen molar-refractivity contribution < 1.29 is 4.79 Å². The third-order valence-electron chi connectivity index (χ3n) is 1.50. The Morgan fingerprint density at radius 2 is 1.46 bits per heavy atom. The number of hydrogen-bond acceptors (Lipinski definition) is 1. The highest BCUT2D eigenvalue weighted by atomic mass is 16.2. The molecule has 0 heterocycles. The van der Waals surface area contributed by atoms with E-state index in [1.54, 1.807) is 17.3 Å². The molecule has 2 heteroatoms. The number of nitrogens with zero attached hydrogens (tertiary/aromatic N) is 1. The normalized spacial score (nSPS) is 12.7. The predicted molar refractivity (Wildman–Crippen MR) is 55.9 cm³/mol. The molecule has 0 aromatic heterocycles. The molecular formula is C11H19NO. The minimum absolute atomic E-state index is 0.101. The fourth-order valence-corrected chi connectivity index (χ4v) is 0.894. The second-order valence-electron chi connectivity index (χ2n) is 3.93. The van der Waals surface area contributed by atoms with E-state index in [9.17, 15) is 4.79 Å². The molecule has 0 atom stereocenters. The van der Waals surface area contributed by atoms with Gasteiger partial charge in [0.25, 0.3) is 0 Å². The highest BCUT2D eigenvalue weighted by molar-refractivity contribution is 5.83. The van der Waals surface area contributed by atoms with Gasteiger partial charge in [-0.1, -0.05) is 32.9 Å². The summed E-state index contributed by atoms with van der Waals surface area (Å²) in [6.07, 6.45) is 7.24. The van der Waals surface area contributed by atoms with Crippen LogP contribution in [0.3, 0.4) is 0 Å². The summed E-state index contributed by atoms with van der Waals surface area (Å²) in [6, 6.07) is 0. The first-order valence-electron chi connectivity index (χ1n) is 4.52. The van der Waals surface area contributed by atoms with Gasteiger partial charge in [-0.15, -0.1) is 0 Å². The zero-order valence-electron chi connectivity index (χ0n) is 9.16. The monoisotopic (exact) mass is 181 g/mol. The summed E-state index contributed by atoms with van der Waals surface area (Å²) in [5, 5.41) is 0. The van der Waals surface area contributed by atoms with Gasteiger partial charge in [0.15, 0.2) is 0 Å². The van der Waals surface area contributed by atoms with Crippen LogP contribution in [0.15, 0.2) is 24.6 Å². The van der Waals surface area contributed by atoms with Crippen molar-refractivity contribution in [3.63, 3.8) is 0 Å². The Balaban J connectivity index is 4.66. The summed E-state index contributed by atoms with van der Waals surface area (Å²) in [7, 11) is 0. The average molecular weight is 181 g/mol. The molecule has 0 aromatic rings. The van der Waals surface area contributed by atoms with Gasteiger partial charge >= 0.3 is 0 Å². The van der Waals surface area contributed by atoms with Gasteiger partial charge in [-0.3, -0.25) is 9.69 Å². The summed E-state index contributed by atoms with van der Waals surface area (Å²) in [5.74, 6) is 0.101. The lowest BCUT2D eigenvalue weighted by molar-refractivity contribution is -0.134. The minimum Gasteiger partial charge on any atom is -0.295 e. The second kappa shape index (κ2) is 4.85. The lowest BCUT2D eigenvalue weighted by Gasteiger charge is -2.23. The Hall–Kier alpha value is -1.05. The first-order valence-corrected chi connectivity index (χ1v) is 4.52. The van der Waals surface area contributed by atoms with E-state index in [2.05, 4.69) is 0 Å². The summed E-state index contributed by atoms with van der Waals surface area (Å²) in [6.45, 7) is 9.53. The number of rotatable bonds is 2. The molecular weight excluding hydrogens is 162 g/mol. The number of hydrogen-bond donors (Lipinski definition) is 0. The van der Waals surface area contributed by atoms with Gasteiger partial charge in [0.1, 0.15) is 0 Å². The molecule has 1 amide bonds. The van der Waals surface area contributed by atoms with Crippen molar-refractivity contribution in [2.24, 2.45) is 5.41 Å². The van der Waals surface area contributed by atoms with Crippen molar-refractivity contribution in [1.82, 2.24) is 4.90 Å². The summed E-state index contributed by atoms with van der Waals surface area (Å²) in [5.41, 5.74) is -0.334. The smallest absolute Gasteiger partial charge is 0.235 e. The zero-order valence-corrected chi connectivity index (χ0v) is 9.16. The summed E-state index contributed by atoms with van der Waals surface area (Å²) < 4.78 is 0. The van der Waals surface area contributed by atoms with E-state index in [0.29, 0.717) is 0 Å². The van der Waals surface area contributed by atoms with Crippen LogP contribution in [-0.4, -0.2) is 10.8 Å². The van der Waals surface area contributed by atoms with Crippen molar-refractivity contribution in [3.05, 3.63) is 24.6 Å². The molecule has 0 saturated carbocycles. The van der Waals surface area contributed by atoms with E-state index in [4.69, 9.17) is 0 Å². The van der Waals surface area contributed by atoms with Crippen molar-refractivity contribution in [3.8, 4) is 0 Å². The Morgan fingerprint density at radius 1 is 1.08 bits per heavy atom. The molecule has 0 saturated heterocycles. The van der Waals surface area contributed by atoms with Crippen molar-refractivity contribution in [2.75, 3.05) is 0 Å². The maximum atomic E-state index is 11.8. The predicted octanol–water partition coefficient (Wildman–Crippen LogP) is 2.93. The Kier molecular flexibility index (Phi) is 4.46. The molecule has 0 aliphatic carbocycles. The van der Waals surface area contributed by atoms with Gasteiger partial charge in [-0.05, 0) is 13.8 Å². The van der Waals surface area contributed by atoms with Gasteiger partial charge < -0.3 is 0 Å². The Morgan fingerprint density at radius 3 is 1.69 bits per heavy atom. The maximum Gasteiger partial charge on any atom is 0.235 e. The van der Waals surface area contributed by atoms with Gasteiger partial charge in [0, 0.05) is 17.8 Å². The largest absolute Gasteiger partial charge is 0.295 e. The van der Waals surface area contributed by atoms with Gasteiger partial charge in [0.05, 0.1) is 0 Å². The number of allylic oxidation sites excluding steroid dienone is 2. The minimum atomic E-state index is -0.334. The molecule has 0 rings (SSSR count). The van der Waals surface area contributed by atoms with Gasteiger partial charge in [0.2, 0.25) is 5.91 Å². The maximum absolute atomic E-state index is 11.8. The van der Waals surface area contributed by atoms with Crippen LogP contribution in [0.1, 0.15) is 34.6 Å². The van der Waals surface area contributed by atoms with E-state index >= 15 is 0 Å². The molecule has 13 heavy (non-hydrogen) atoms. The highest BCUT2D eigenvalue weighted by Gasteiger charge is 2.24. The number of carbonyl (C=O) groups is 1. The molecule has 0 radical (unpaired) electrons. The fraction of sp³-hybridized carbons (Fsp3) is 0.545. The molecule has 0 N–H and O–H groups in total. The molecule has 0 bridgehead atoms. The first-order chi connectivity index (χ1) is 5.93. The molecule has 0 spiro atoms. The van der Waals surface area contributed by atoms with E-state index in [1.807, 2.05) is 46.8 Å². The molecule has 0 aliphatic heterocycles. The SMILES string of the molecule is C/C=C\N(/C=C/C)C(=O)C(C)(C)C. The van der Waals surface area contributed by atoms with E-state index in [0.717, 1.165) is 0 Å². The van der Waals surface area contributed by atoms with Crippen LogP contribution in [0, 0.1) is 5.41 Å². The first kappa shape index (κ1) is 11.9. The topological polar surface area (TPSA) is 20.3 Å². The molecule has 0 aliphatic rings. The van der Waals surface area contributed by atoms with E-state index in [1.165, 1.54) is 0 Å². The number of amides is 1. The third-order valence-corrected chi connectivity index (χ3v) is 1.50. The van der Waals surface area contributed by atoms with Crippen LogP contribution < -0.4 is 0 Å². The average Bonchev–Trinajstić information content (AvgIpc) is 2.01. The van der Waals surface area contributed by atoms with Crippen LogP contribution in [0.5, 0.6) is 0 Å². The quantitative estimate of drug-likeness (QED) is 0.641. The van der Waals surface area contributed by atoms with Gasteiger partial charge in [-0.2, -0.15) is 0 Å². The molecule has 0 fully saturated rings. The standard InChI is InChI=1S/C11H19NO/c1-6-8-12(9-7-2)10(13)11(3,4)5/h6-9H,1-5H3/b8-6-,9-7+. The molecule has 0 aromatic carbocycles. The number of carbonyl (C=O) groups excluding carboxylic acids is 1. The van der Waals surface area contributed by atoms with Crippen molar-refractivity contribution >= 4 is 5.91 Å². The summed E-state index contributed by atoms with van der Waals surface area (Å²) in [4.78, 5) is 13.4. The second-order valence-corrected chi connectivity index (χ2v) is 3.93. The van der Waals surface area contributed by atoms with Crippen LogP contribution >= 0.6 is 0 Å². The molecule has 2 nitrogen and oxygen atoms in total. The third kappa shape index (κ3) is 3.92. The van der Waals surface area contributed by atoms with Crippen LogP contribution in [0.25, 0.3) is 0 Å². The lowest BCUT2D eigenvalue weighted by Crippen LogP contribution is -2.32. The molecule has 74 valence electrons. The lowest BCUT2D eigenvalue weighted by atomic mass is 9.95. The van der Waals surface area contributed by atoms with Crippen LogP contribution in [0.4, 0.5) is 0 Å². The Labute approximate surface area is 80.9 Å². The van der Waals surface area contributed by atoms with Gasteiger partial charge in [-0.25, -0.2) is 0 Å². The van der Waals surface area contributed by atoms with Crippen molar-refractivity contribution in [1.29, 1.82) is 0 Å². The Bertz CT molecular complexity index is 209. The van der Waals surface area contributed by atoms with E-state index < -0.39 is 0 Å². The highest BCUT2D eigenvalue weighted by Crippen LogP contribution is 2.17. The summed E-state index contributed by atoms with van der Waals surface area (Å²) >= 11 is 0. The van der Waals surface area contributed by atoms with E-state index in [-0.39, 0.29) is 11.3 Å². The van der Waals surface area contributed by atoms with Crippen molar-refractivity contribution in [2.45, 2.75) is 34.6 Å².